The second-order valence-electron chi connectivity index (χ2n) is 6.72. The van der Waals surface area contributed by atoms with Gasteiger partial charge in [-0.05, 0) is 42.7 Å². The molecule has 0 fully saturated rings. The van der Waals surface area contributed by atoms with E-state index in [1.165, 1.54) is 0 Å². The van der Waals surface area contributed by atoms with Crippen LogP contribution in [-0.4, -0.2) is 35.8 Å². The molecular formula is C22H26N2O4. The molecule has 0 amide bonds. The van der Waals surface area contributed by atoms with Gasteiger partial charge < -0.3 is 19.2 Å². The Morgan fingerprint density at radius 1 is 1.14 bits per heavy atom. The van der Waals surface area contributed by atoms with E-state index in [2.05, 4.69) is 16.8 Å². The summed E-state index contributed by atoms with van der Waals surface area (Å²) < 4.78 is 11.7. The van der Waals surface area contributed by atoms with Crippen molar-refractivity contribution in [2.24, 2.45) is 0 Å². The SMILES string of the molecule is CCCCN(CCCOc1cccc(CC(=O)O)c1)c1nc2ccccc2o1. The zero-order chi connectivity index (χ0) is 19.8. The number of hydrogen-bond acceptors (Lipinski definition) is 5. The van der Waals surface area contributed by atoms with Crippen molar-refractivity contribution in [3.05, 3.63) is 54.1 Å². The normalized spacial score (nSPS) is 10.9. The summed E-state index contributed by atoms with van der Waals surface area (Å²) in [6, 6.07) is 15.7. The topological polar surface area (TPSA) is 75.8 Å². The van der Waals surface area contributed by atoms with Gasteiger partial charge in [0, 0.05) is 13.1 Å². The van der Waals surface area contributed by atoms with E-state index in [4.69, 9.17) is 14.3 Å². The van der Waals surface area contributed by atoms with Crippen LogP contribution in [0.5, 0.6) is 5.75 Å². The van der Waals surface area contributed by atoms with Crippen LogP contribution >= 0.6 is 0 Å². The average Bonchev–Trinajstić information content (AvgIpc) is 3.11. The number of aliphatic carboxylic acids is 1. The number of carboxylic acid groups (broad SMARTS) is 1. The summed E-state index contributed by atoms with van der Waals surface area (Å²) in [5.41, 5.74) is 2.40. The number of ether oxygens (including phenoxy) is 1. The van der Waals surface area contributed by atoms with Crippen LogP contribution in [0.4, 0.5) is 6.01 Å². The monoisotopic (exact) mass is 382 g/mol. The number of nitrogens with zero attached hydrogens (tertiary/aromatic N) is 2. The summed E-state index contributed by atoms with van der Waals surface area (Å²) in [5, 5.41) is 8.90. The minimum Gasteiger partial charge on any atom is -0.494 e. The molecule has 28 heavy (non-hydrogen) atoms. The number of carboxylic acids is 1. The van der Waals surface area contributed by atoms with E-state index in [1.807, 2.05) is 36.4 Å². The largest absolute Gasteiger partial charge is 0.494 e. The van der Waals surface area contributed by atoms with Crippen LogP contribution in [0.15, 0.2) is 52.9 Å². The fourth-order valence-corrected chi connectivity index (χ4v) is 3.01. The summed E-state index contributed by atoms with van der Waals surface area (Å²) in [6.45, 7) is 4.37. The Morgan fingerprint density at radius 3 is 2.75 bits per heavy atom. The Labute approximate surface area is 164 Å². The number of para-hydroxylation sites is 2. The molecular weight excluding hydrogens is 356 g/mol. The van der Waals surface area contributed by atoms with Crippen LogP contribution in [0.1, 0.15) is 31.7 Å². The lowest BCUT2D eigenvalue weighted by atomic mass is 10.1. The third-order valence-electron chi connectivity index (χ3n) is 4.43. The number of anilines is 1. The summed E-state index contributed by atoms with van der Waals surface area (Å²) >= 11 is 0. The molecule has 6 nitrogen and oxygen atoms in total. The van der Waals surface area contributed by atoms with Gasteiger partial charge in [-0.2, -0.15) is 4.98 Å². The van der Waals surface area contributed by atoms with E-state index in [9.17, 15) is 4.79 Å². The van der Waals surface area contributed by atoms with Gasteiger partial charge in [-0.15, -0.1) is 0 Å². The Balaban J connectivity index is 1.56. The van der Waals surface area contributed by atoms with E-state index in [0.717, 1.165) is 49.0 Å². The van der Waals surface area contributed by atoms with Gasteiger partial charge in [-0.25, -0.2) is 0 Å². The average molecular weight is 382 g/mol. The maximum Gasteiger partial charge on any atom is 0.307 e. The highest BCUT2D eigenvalue weighted by Gasteiger charge is 2.13. The highest BCUT2D eigenvalue weighted by Crippen LogP contribution is 2.22. The molecule has 0 atom stereocenters. The Hall–Kier alpha value is -3.02. The minimum atomic E-state index is -0.845. The lowest BCUT2D eigenvalue weighted by molar-refractivity contribution is -0.136. The molecule has 0 saturated carbocycles. The van der Waals surface area contributed by atoms with Crippen LogP contribution in [0, 0.1) is 0 Å². The molecule has 0 aliphatic heterocycles. The van der Waals surface area contributed by atoms with Crippen LogP contribution in [0.3, 0.4) is 0 Å². The number of rotatable bonds is 11. The van der Waals surface area contributed by atoms with Crippen molar-refractivity contribution < 1.29 is 19.1 Å². The molecule has 0 radical (unpaired) electrons. The molecule has 6 heteroatoms. The van der Waals surface area contributed by atoms with Crippen LogP contribution < -0.4 is 9.64 Å². The van der Waals surface area contributed by atoms with Gasteiger partial charge in [-0.3, -0.25) is 4.79 Å². The number of oxazole rings is 1. The molecule has 1 N–H and O–H groups in total. The van der Waals surface area contributed by atoms with Crippen LogP contribution in [-0.2, 0) is 11.2 Å². The van der Waals surface area contributed by atoms with Gasteiger partial charge in [-0.1, -0.05) is 37.6 Å². The molecule has 0 unspecified atom stereocenters. The van der Waals surface area contributed by atoms with Crippen molar-refractivity contribution in [2.45, 2.75) is 32.6 Å². The van der Waals surface area contributed by atoms with E-state index >= 15 is 0 Å². The van der Waals surface area contributed by atoms with Crippen molar-refractivity contribution >= 4 is 23.1 Å². The van der Waals surface area contributed by atoms with Crippen molar-refractivity contribution in [1.29, 1.82) is 0 Å². The zero-order valence-electron chi connectivity index (χ0n) is 16.1. The number of unbranched alkanes of at least 4 members (excludes halogenated alkanes) is 1. The van der Waals surface area contributed by atoms with Crippen LogP contribution in [0.2, 0.25) is 0 Å². The molecule has 3 rings (SSSR count). The molecule has 3 aromatic rings. The quantitative estimate of drug-likeness (QED) is 0.491. The third kappa shape index (κ3) is 5.49. The molecule has 1 aromatic heterocycles. The molecule has 0 bridgehead atoms. The second-order valence-corrected chi connectivity index (χ2v) is 6.72. The molecule has 1 heterocycles. The Kier molecular flexibility index (Phi) is 6.89. The number of hydrogen-bond donors (Lipinski definition) is 1. The van der Waals surface area contributed by atoms with E-state index in [-0.39, 0.29) is 6.42 Å². The fraction of sp³-hybridized carbons (Fsp3) is 0.364. The first kappa shape index (κ1) is 19.7. The summed E-state index contributed by atoms with van der Waals surface area (Å²) in [5.74, 6) is -0.150. The first-order valence-corrected chi connectivity index (χ1v) is 9.69. The molecule has 0 spiro atoms. The lowest BCUT2D eigenvalue weighted by Crippen LogP contribution is -2.27. The molecule has 2 aromatic carbocycles. The lowest BCUT2D eigenvalue weighted by Gasteiger charge is -2.20. The summed E-state index contributed by atoms with van der Waals surface area (Å²) in [6.07, 6.45) is 2.98. The Bertz CT molecular complexity index is 873. The van der Waals surface area contributed by atoms with Crippen molar-refractivity contribution in [1.82, 2.24) is 4.98 Å². The van der Waals surface area contributed by atoms with E-state index in [0.29, 0.717) is 18.4 Å². The number of fused-ring (bicyclic) bond motifs is 1. The zero-order valence-corrected chi connectivity index (χ0v) is 16.1. The van der Waals surface area contributed by atoms with Crippen molar-refractivity contribution in [3.63, 3.8) is 0 Å². The molecule has 0 saturated heterocycles. The first-order valence-electron chi connectivity index (χ1n) is 9.69. The van der Waals surface area contributed by atoms with Gasteiger partial charge >= 0.3 is 5.97 Å². The Morgan fingerprint density at radius 2 is 1.96 bits per heavy atom. The van der Waals surface area contributed by atoms with Crippen molar-refractivity contribution in [2.75, 3.05) is 24.6 Å². The first-order chi connectivity index (χ1) is 13.7. The number of aromatic nitrogens is 1. The maximum absolute atomic E-state index is 10.8. The van der Waals surface area contributed by atoms with Gasteiger partial charge in [0.15, 0.2) is 5.58 Å². The standard InChI is InChI=1S/C22H26N2O4/c1-2-3-12-24(22-23-19-10-4-5-11-20(19)28-22)13-7-14-27-18-9-6-8-17(15-18)16-21(25)26/h4-6,8-11,15H,2-3,7,12-14,16H2,1H3,(H,25,26). The van der Waals surface area contributed by atoms with Gasteiger partial charge in [0.05, 0.1) is 13.0 Å². The third-order valence-corrected chi connectivity index (χ3v) is 4.43. The van der Waals surface area contributed by atoms with Gasteiger partial charge in [0.2, 0.25) is 0 Å². The van der Waals surface area contributed by atoms with E-state index < -0.39 is 5.97 Å². The van der Waals surface area contributed by atoms with Crippen molar-refractivity contribution in [3.8, 4) is 5.75 Å². The molecule has 148 valence electrons. The van der Waals surface area contributed by atoms with E-state index in [1.54, 1.807) is 12.1 Å². The summed E-state index contributed by atoms with van der Waals surface area (Å²) in [7, 11) is 0. The van der Waals surface area contributed by atoms with Gasteiger partial charge in [0.25, 0.3) is 6.01 Å². The predicted octanol–water partition coefficient (Wildman–Crippen LogP) is 4.53. The maximum atomic E-state index is 10.8. The predicted molar refractivity (Wildman–Crippen MR) is 109 cm³/mol. The molecule has 0 aliphatic carbocycles. The minimum absolute atomic E-state index is 0.000280. The second kappa shape index (κ2) is 9.78. The fourth-order valence-electron chi connectivity index (χ4n) is 3.01. The van der Waals surface area contributed by atoms with Gasteiger partial charge in [0.1, 0.15) is 11.3 Å². The van der Waals surface area contributed by atoms with Crippen LogP contribution in [0.25, 0.3) is 11.1 Å². The smallest absolute Gasteiger partial charge is 0.307 e. The highest BCUT2D eigenvalue weighted by atomic mass is 16.5. The number of benzene rings is 2. The number of carbonyl (C=O) groups is 1. The molecule has 0 aliphatic rings. The highest BCUT2D eigenvalue weighted by molar-refractivity contribution is 5.74. The summed E-state index contributed by atoms with van der Waals surface area (Å²) in [4.78, 5) is 17.6.